The summed E-state index contributed by atoms with van der Waals surface area (Å²) in [6.07, 6.45) is 7.72. The summed E-state index contributed by atoms with van der Waals surface area (Å²) in [5.74, 6) is 2.00. The van der Waals surface area contributed by atoms with Gasteiger partial charge in [0.15, 0.2) is 0 Å². The summed E-state index contributed by atoms with van der Waals surface area (Å²) in [6, 6.07) is 0. The van der Waals surface area contributed by atoms with Gasteiger partial charge in [0, 0.05) is 18.6 Å². The SMILES string of the molecule is O=C(O)/C=C/CCSCC[C@@H]1[C@H](CO)[C@@H]2CC[C@H]1O2. The van der Waals surface area contributed by atoms with E-state index >= 15 is 0 Å². The molecule has 2 aliphatic rings. The Morgan fingerprint density at radius 2 is 2.00 bits per heavy atom. The average molecular weight is 286 g/mol. The highest BCUT2D eigenvalue weighted by Gasteiger charge is 2.47. The van der Waals surface area contributed by atoms with E-state index in [-0.39, 0.29) is 6.61 Å². The van der Waals surface area contributed by atoms with E-state index in [9.17, 15) is 9.90 Å². The van der Waals surface area contributed by atoms with Crippen LogP contribution in [-0.4, -0.2) is 46.5 Å². The van der Waals surface area contributed by atoms with E-state index in [0.717, 1.165) is 37.2 Å². The Morgan fingerprint density at radius 1 is 1.26 bits per heavy atom. The Hall–Kier alpha value is -0.520. The molecule has 0 unspecified atom stereocenters. The van der Waals surface area contributed by atoms with E-state index in [2.05, 4.69) is 0 Å². The van der Waals surface area contributed by atoms with Crippen LogP contribution in [0.15, 0.2) is 12.2 Å². The smallest absolute Gasteiger partial charge is 0.327 e. The minimum Gasteiger partial charge on any atom is -0.478 e. The molecule has 0 saturated carbocycles. The van der Waals surface area contributed by atoms with Gasteiger partial charge in [-0.05, 0) is 43.1 Å². The predicted molar refractivity (Wildman–Crippen MR) is 75.3 cm³/mol. The van der Waals surface area contributed by atoms with Gasteiger partial charge < -0.3 is 14.9 Å². The minimum atomic E-state index is -0.880. The summed E-state index contributed by atoms with van der Waals surface area (Å²) in [5, 5.41) is 17.9. The first-order valence-corrected chi connectivity index (χ1v) is 8.11. The molecule has 0 aromatic carbocycles. The number of ether oxygens (including phenoxy) is 1. The summed E-state index contributed by atoms with van der Waals surface area (Å²) in [7, 11) is 0. The number of thioether (sulfide) groups is 1. The fourth-order valence-corrected chi connectivity index (χ4v) is 4.13. The Kier molecular flexibility index (Phi) is 5.73. The molecule has 5 heteroatoms. The molecular formula is C14H22O4S. The molecule has 4 nitrogen and oxygen atoms in total. The van der Waals surface area contributed by atoms with E-state index in [4.69, 9.17) is 9.84 Å². The summed E-state index contributed by atoms with van der Waals surface area (Å²) >= 11 is 1.85. The largest absolute Gasteiger partial charge is 0.478 e. The van der Waals surface area contributed by atoms with Crippen molar-refractivity contribution in [2.24, 2.45) is 11.8 Å². The van der Waals surface area contributed by atoms with Crippen LogP contribution in [0.4, 0.5) is 0 Å². The number of carboxylic acids is 1. The highest BCUT2D eigenvalue weighted by Crippen LogP contribution is 2.45. The van der Waals surface area contributed by atoms with Crippen LogP contribution in [0.3, 0.4) is 0 Å². The molecule has 0 aliphatic carbocycles. The van der Waals surface area contributed by atoms with Crippen LogP contribution in [0.2, 0.25) is 0 Å². The van der Waals surface area contributed by atoms with Gasteiger partial charge in [-0.1, -0.05) is 6.08 Å². The van der Waals surface area contributed by atoms with Gasteiger partial charge in [0.25, 0.3) is 0 Å². The zero-order chi connectivity index (χ0) is 13.7. The second kappa shape index (κ2) is 7.31. The number of hydrogen-bond donors (Lipinski definition) is 2. The van der Waals surface area contributed by atoms with Gasteiger partial charge in [-0.25, -0.2) is 4.79 Å². The van der Waals surface area contributed by atoms with Gasteiger partial charge in [0.1, 0.15) is 0 Å². The van der Waals surface area contributed by atoms with Crippen LogP contribution >= 0.6 is 11.8 Å². The van der Waals surface area contributed by atoms with Crippen LogP contribution < -0.4 is 0 Å². The number of aliphatic hydroxyl groups excluding tert-OH is 1. The van der Waals surface area contributed by atoms with Crippen LogP contribution in [0, 0.1) is 11.8 Å². The molecule has 2 bridgehead atoms. The number of rotatable bonds is 8. The van der Waals surface area contributed by atoms with Gasteiger partial charge in [-0.15, -0.1) is 0 Å². The molecule has 2 heterocycles. The zero-order valence-electron chi connectivity index (χ0n) is 11.0. The second-order valence-corrected chi connectivity index (χ2v) is 6.46. The molecule has 2 fully saturated rings. The van der Waals surface area contributed by atoms with E-state index in [1.165, 1.54) is 6.08 Å². The molecule has 2 N–H and O–H groups in total. The van der Waals surface area contributed by atoms with Crippen molar-refractivity contribution in [2.45, 2.75) is 37.9 Å². The van der Waals surface area contributed by atoms with Gasteiger partial charge >= 0.3 is 5.97 Å². The van der Waals surface area contributed by atoms with E-state index in [1.54, 1.807) is 6.08 Å². The normalized spacial score (nSPS) is 33.3. The van der Waals surface area contributed by atoms with E-state index in [1.807, 2.05) is 11.8 Å². The Bertz CT molecular complexity index is 331. The van der Waals surface area contributed by atoms with Crippen LogP contribution in [0.1, 0.15) is 25.7 Å². The maximum atomic E-state index is 10.3. The van der Waals surface area contributed by atoms with E-state index in [0.29, 0.717) is 24.0 Å². The van der Waals surface area contributed by atoms with Gasteiger partial charge in [-0.3, -0.25) is 0 Å². The van der Waals surface area contributed by atoms with Crippen molar-refractivity contribution in [3.8, 4) is 0 Å². The van der Waals surface area contributed by atoms with Gasteiger partial charge in [0.2, 0.25) is 0 Å². The van der Waals surface area contributed by atoms with Gasteiger partial charge in [0.05, 0.1) is 12.2 Å². The van der Waals surface area contributed by atoms with Crippen molar-refractivity contribution < 1.29 is 19.7 Å². The average Bonchev–Trinajstić information content (AvgIpc) is 2.97. The summed E-state index contributed by atoms with van der Waals surface area (Å²) < 4.78 is 5.86. The third kappa shape index (κ3) is 3.97. The molecule has 0 aromatic rings. The maximum Gasteiger partial charge on any atom is 0.327 e. The quantitative estimate of drug-likeness (QED) is 0.527. The molecule has 2 aliphatic heterocycles. The second-order valence-electron chi connectivity index (χ2n) is 5.23. The van der Waals surface area contributed by atoms with Crippen molar-refractivity contribution in [1.29, 1.82) is 0 Å². The molecule has 0 aromatic heterocycles. The number of carbonyl (C=O) groups is 1. The van der Waals surface area contributed by atoms with Crippen molar-refractivity contribution in [3.63, 3.8) is 0 Å². The lowest BCUT2D eigenvalue weighted by Crippen LogP contribution is -2.30. The topological polar surface area (TPSA) is 66.8 Å². The summed E-state index contributed by atoms with van der Waals surface area (Å²) in [4.78, 5) is 10.3. The standard InChI is InChI=1S/C14H22O4S/c15-9-11-10(12-4-5-13(11)18-12)6-8-19-7-2-1-3-14(16)17/h1,3,10-13,15H,2,4-9H2,(H,16,17)/b3-1+/t10-,11+,12-,13+/m1/s1. The molecular weight excluding hydrogens is 264 g/mol. The fourth-order valence-electron chi connectivity index (χ4n) is 3.18. The summed E-state index contributed by atoms with van der Waals surface area (Å²) in [6.45, 7) is 0.248. The number of hydrogen-bond acceptors (Lipinski definition) is 4. The third-order valence-electron chi connectivity index (χ3n) is 4.09. The lowest BCUT2D eigenvalue weighted by atomic mass is 9.78. The fraction of sp³-hybridized carbons (Fsp3) is 0.786. The molecule has 0 amide bonds. The number of fused-ring (bicyclic) bond motifs is 2. The zero-order valence-corrected chi connectivity index (χ0v) is 11.8. The Morgan fingerprint density at radius 3 is 2.68 bits per heavy atom. The molecule has 0 radical (unpaired) electrons. The number of aliphatic carboxylic acids is 1. The van der Waals surface area contributed by atoms with E-state index < -0.39 is 5.97 Å². The first kappa shape index (κ1) is 14.9. The Labute approximate surface area is 118 Å². The molecule has 4 atom stereocenters. The minimum absolute atomic E-state index is 0.248. The molecule has 2 saturated heterocycles. The first-order valence-electron chi connectivity index (χ1n) is 6.96. The number of carboxylic acid groups (broad SMARTS) is 1. The molecule has 19 heavy (non-hydrogen) atoms. The van der Waals surface area contributed by atoms with Crippen LogP contribution in [-0.2, 0) is 9.53 Å². The lowest BCUT2D eigenvalue weighted by Gasteiger charge is -2.26. The van der Waals surface area contributed by atoms with Gasteiger partial charge in [-0.2, -0.15) is 11.8 Å². The highest BCUT2D eigenvalue weighted by molar-refractivity contribution is 7.99. The molecule has 2 rings (SSSR count). The maximum absolute atomic E-state index is 10.3. The molecule has 108 valence electrons. The van der Waals surface area contributed by atoms with Crippen LogP contribution in [0.25, 0.3) is 0 Å². The third-order valence-corrected chi connectivity index (χ3v) is 5.13. The summed E-state index contributed by atoms with van der Waals surface area (Å²) in [5.41, 5.74) is 0. The highest BCUT2D eigenvalue weighted by atomic mass is 32.2. The number of aliphatic hydroxyl groups is 1. The number of allylic oxidation sites excluding steroid dienone is 1. The van der Waals surface area contributed by atoms with Crippen molar-refractivity contribution in [1.82, 2.24) is 0 Å². The lowest BCUT2D eigenvalue weighted by molar-refractivity contribution is -0.131. The predicted octanol–water partition coefficient (Wildman–Crippen LogP) is 1.93. The van der Waals surface area contributed by atoms with Crippen molar-refractivity contribution in [2.75, 3.05) is 18.1 Å². The Balaban J connectivity index is 1.59. The van der Waals surface area contributed by atoms with Crippen LogP contribution in [0.5, 0.6) is 0 Å². The molecule has 0 spiro atoms. The van der Waals surface area contributed by atoms with Crippen molar-refractivity contribution in [3.05, 3.63) is 12.2 Å². The monoisotopic (exact) mass is 286 g/mol. The van der Waals surface area contributed by atoms with Crippen molar-refractivity contribution >= 4 is 17.7 Å². The first-order chi connectivity index (χ1) is 9.22.